The van der Waals surface area contributed by atoms with E-state index < -0.39 is 0 Å². The van der Waals surface area contributed by atoms with Crippen LogP contribution in [0.4, 0.5) is 4.79 Å². The first-order chi connectivity index (χ1) is 11.2. The summed E-state index contributed by atoms with van der Waals surface area (Å²) < 4.78 is 5.77. The van der Waals surface area contributed by atoms with Gasteiger partial charge in [0.05, 0.1) is 12.2 Å². The van der Waals surface area contributed by atoms with Crippen LogP contribution in [0, 0.1) is 5.41 Å². The zero-order chi connectivity index (χ0) is 16.3. The number of likely N-dealkylation sites (tertiary alicyclic amines) is 1. The Morgan fingerprint density at radius 3 is 2.91 bits per heavy atom. The monoisotopic (exact) mass is 338 g/mol. The van der Waals surface area contributed by atoms with Gasteiger partial charge < -0.3 is 20.1 Å². The van der Waals surface area contributed by atoms with Gasteiger partial charge in [0, 0.05) is 43.0 Å². The summed E-state index contributed by atoms with van der Waals surface area (Å²) in [6, 6.07) is 4.14. The molecule has 1 aliphatic carbocycles. The van der Waals surface area contributed by atoms with E-state index in [2.05, 4.69) is 16.8 Å². The van der Waals surface area contributed by atoms with Crippen molar-refractivity contribution in [2.24, 2.45) is 5.41 Å². The van der Waals surface area contributed by atoms with Crippen LogP contribution in [0.25, 0.3) is 0 Å². The molecule has 6 heteroatoms. The van der Waals surface area contributed by atoms with Gasteiger partial charge in [0.2, 0.25) is 0 Å². The predicted molar refractivity (Wildman–Crippen MR) is 90.7 cm³/mol. The minimum absolute atomic E-state index is 0.0122. The molecule has 1 aromatic heterocycles. The highest BCUT2D eigenvalue weighted by Crippen LogP contribution is 2.50. The van der Waals surface area contributed by atoms with Gasteiger partial charge >= 0.3 is 6.03 Å². The van der Waals surface area contributed by atoms with Gasteiger partial charge in [-0.15, -0.1) is 11.3 Å². The van der Waals surface area contributed by atoms with Gasteiger partial charge in [0.1, 0.15) is 0 Å². The van der Waals surface area contributed by atoms with Gasteiger partial charge in [0.15, 0.2) is 0 Å². The minimum Gasteiger partial charge on any atom is -0.392 e. The number of nitrogens with zero attached hydrogens (tertiary/aromatic N) is 1. The van der Waals surface area contributed by atoms with Crippen LogP contribution in [-0.2, 0) is 11.2 Å². The van der Waals surface area contributed by atoms with E-state index in [9.17, 15) is 9.90 Å². The number of ether oxygens (including phenoxy) is 1. The van der Waals surface area contributed by atoms with Gasteiger partial charge in [-0.3, -0.25) is 0 Å². The van der Waals surface area contributed by atoms with E-state index in [-0.39, 0.29) is 23.7 Å². The number of piperidine rings is 1. The SMILES string of the molecule is CCOC1CC(O)C12CCN(C(=O)NCCc1cccs1)CC2. The standard InChI is InChI=1S/C17H26N2O3S/c1-2-22-15-12-14(20)17(15)6-9-19(10-7-17)16(21)18-8-5-13-4-3-11-23-13/h3-4,11,14-15,20H,2,5-10,12H2,1H3,(H,18,21). The fourth-order valence-corrected chi connectivity index (χ4v) is 4.51. The largest absolute Gasteiger partial charge is 0.392 e. The van der Waals surface area contributed by atoms with Crippen molar-refractivity contribution in [1.29, 1.82) is 0 Å². The topological polar surface area (TPSA) is 61.8 Å². The van der Waals surface area contributed by atoms with Crippen LogP contribution in [0.3, 0.4) is 0 Å². The molecular formula is C17H26N2O3S. The Kier molecular flexibility index (Phi) is 5.24. The Balaban J connectivity index is 1.44. The number of carbonyl (C=O) groups excluding carboxylic acids is 1. The number of hydrogen-bond donors (Lipinski definition) is 2. The molecule has 0 bridgehead atoms. The van der Waals surface area contributed by atoms with Crippen molar-refractivity contribution in [2.45, 2.75) is 44.8 Å². The molecule has 2 amide bonds. The third-order valence-electron chi connectivity index (χ3n) is 5.32. The first kappa shape index (κ1) is 16.7. The van der Waals surface area contributed by atoms with Crippen molar-refractivity contribution < 1.29 is 14.6 Å². The molecule has 0 radical (unpaired) electrons. The molecule has 2 N–H and O–H groups in total. The van der Waals surface area contributed by atoms with Crippen LogP contribution in [0.15, 0.2) is 17.5 Å². The molecule has 1 aliphatic heterocycles. The molecule has 1 saturated carbocycles. The smallest absolute Gasteiger partial charge is 0.317 e. The lowest BCUT2D eigenvalue weighted by Crippen LogP contribution is -2.63. The van der Waals surface area contributed by atoms with E-state index in [0.29, 0.717) is 26.2 Å². The number of urea groups is 1. The average molecular weight is 338 g/mol. The predicted octanol–water partition coefficient (Wildman–Crippen LogP) is 2.25. The highest BCUT2D eigenvalue weighted by molar-refractivity contribution is 7.09. The summed E-state index contributed by atoms with van der Waals surface area (Å²) in [6.07, 6.45) is 3.16. The highest BCUT2D eigenvalue weighted by Gasteiger charge is 2.56. The van der Waals surface area contributed by atoms with Crippen molar-refractivity contribution in [3.05, 3.63) is 22.4 Å². The number of hydrogen-bond acceptors (Lipinski definition) is 4. The Hall–Kier alpha value is -1.11. The van der Waals surface area contributed by atoms with E-state index in [1.54, 1.807) is 11.3 Å². The Labute approximate surface area is 141 Å². The van der Waals surface area contributed by atoms with Gasteiger partial charge in [-0.25, -0.2) is 4.79 Å². The molecule has 5 nitrogen and oxygen atoms in total. The molecule has 1 aromatic rings. The van der Waals surface area contributed by atoms with E-state index in [0.717, 1.165) is 25.7 Å². The van der Waals surface area contributed by atoms with Crippen molar-refractivity contribution >= 4 is 17.4 Å². The summed E-state index contributed by atoms with van der Waals surface area (Å²) in [7, 11) is 0. The average Bonchev–Trinajstić information content (AvgIpc) is 3.08. The zero-order valence-corrected chi connectivity index (χ0v) is 14.5. The summed E-state index contributed by atoms with van der Waals surface area (Å²) in [5, 5.41) is 15.3. The molecule has 128 valence electrons. The highest BCUT2D eigenvalue weighted by atomic mass is 32.1. The van der Waals surface area contributed by atoms with Crippen LogP contribution in [0.2, 0.25) is 0 Å². The number of nitrogens with one attached hydrogen (secondary N) is 1. The second kappa shape index (κ2) is 7.20. The number of aliphatic hydroxyl groups excluding tert-OH is 1. The third kappa shape index (κ3) is 3.39. The first-order valence-corrected chi connectivity index (χ1v) is 9.38. The maximum atomic E-state index is 12.3. The molecule has 1 saturated heterocycles. The summed E-state index contributed by atoms with van der Waals surface area (Å²) in [6.45, 7) is 4.75. The number of amides is 2. The fourth-order valence-electron chi connectivity index (χ4n) is 3.80. The van der Waals surface area contributed by atoms with Crippen LogP contribution >= 0.6 is 11.3 Å². The maximum Gasteiger partial charge on any atom is 0.317 e. The molecule has 0 aromatic carbocycles. The van der Waals surface area contributed by atoms with E-state index in [1.807, 2.05) is 17.9 Å². The van der Waals surface area contributed by atoms with Crippen molar-refractivity contribution in [3.63, 3.8) is 0 Å². The lowest BCUT2D eigenvalue weighted by molar-refractivity contribution is -0.207. The lowest BCUT2D eigenvalue weighted by Gasteiger charge is -2.56. The Morgan fingerprint density at radius 1 is 1.52 bits per heavy atom. The van der Waals surface area contributed by atoms with Crippen LogP contribution in [0.1, 0.15) is 31.1 Å². The Morgan fingerprint density at radius 2 is 2.30 bits per heavy atom. The van der Waals surface area contributed by atoms with E-state index in [4.69, 9.17) is 4.74 Å². The normalized spacial score (nSPS) is 26.1. The lowest BCUT2D eigenvalue weighted by atomic mass is 9.58. The number of rotatable bonds is 5. The second-order valence-corrected chi connectivity index (χ2v) is 7.51. The van der Waals surface area contributed by atoms with E-state index >= 15 is 0 Å². The molecule has 2 heterocycles. The maximum absolute atomic E-state index is 12.3. The second-order valence-electron chi connectivity index (χ2n) is 6.48. The molecule has 2 fully saturated rings. The quantitative estimate of drug-likeness (QED) is 0.866. The molecular weight excluding hydrogens is 312 g/mol. The number of thiophene rings is 1. The van der Waals surface area contributed by atoms with Crippen LogP contribution in [-0.4, -0.2) is 54.5 Å². The van der Waals surface area contributed by atoms with Crippen molar-refractivity contribution in [3.8, 4) is 0 Å². The third-order valence-corrected chi connectivity index (χ3v) is 6.26. The summed E-state index contributed by atoms with van der Waals surface area (Å²) >= 11 is 1.72. The van der Waals surface area contributed by atoms with Crippen LogP contribution in [0.5, 0.6) is 0 Å². The van der Waals surface area contributed by atoms with E-state index in [1.165, 1.54) is 4.88 Å². The summed E-state index contributed by atoms with van der Waals surface area (Å²) in [5.41, 5.74) is -0.121. The van der Waals surface area contributed by atoms with Gasteiger partial charge in [0.25, 0.3) is 0 Å². The van der Waals surface area contributed by atoms with Crippen molar-refractivity contribution in [1.82, 2.24) is 10.2 Å². The summed E-state index contributed by atoms with van der Waals surface area (Å²) in [5.74, 6) is 0. The number of carbonyl (C=O) groups is 1. The van der Waals surface area contributed by atoms with Crippen molar-refractivity contribution in [2.75, 3.05) is 26.2 Å². The number of aliphatic hydroxyl groups is 1. The molecule has 2 atom stereocenters. The van der Waals surface area contributed by atoms with Gasteiger partial charge in [-0.05, 0) is 37.6 Å². The molecule has 23 heavy (non-hydrogen) atoms. The molecule has 1 spiro atoms. The first-order valence-electron chi connectivity index (χ1n) is 8.50. The molecule has 3 rings (SSSR count). The van der Waals surface area contributed by atoms with Gasteiger partial charge in [-0.2, -0.15) is 0 Å². The molecule has 2 unspecified atom stereocenters. The summed E-state index contributed by atoms with van der Waals surface area (Å²) in [4.78, 5) is 15.4. The zero-order valence-electron chi connectivity index (χ0n) is 13.7. The van der Waals surface area contributed by atoms with Crippen LogP contribution < -0.4 is 5.32 Å². The van der Waals surface area contributed by atoms with Gasteiger partial charge in [-0.1, -0.05) is 6.07 Å². The minimum atomic E-state index is -0.275. The Bertz CT molecular complexity index is 510. The molecule has 2 aliphatic rings. The fraction of sp³-hybridized carbons (Fsp3) is 0.706.